The fourth-order valence-corrected chi connectivity index (χ4v) is 6.12. The molecule has 0 bridgehead atoms. The van der Waals surface area contributed by atoms with Crippen LogP contribution < -0.4 is 14.3 Å². The molecule has 1 N–H and O–H groups in total. The molecule has 3 rings (SSSR count). The zero-order valence-corrected chi connectivity index (χ0v) is 18.5. The van der Waals surface area contributed by atoms with Crippen LogP contribution in [0.4, 0.5) is 13.2 Å². The van der Waals surface area contributed by atoms with Crippen LogP contribution in [0, 0.1) is 29.1 Å². The SMILES string of the molecule is COc1cc2c(=O)c(C#N)c[nH]c2cc1OS(=O)(=O)C1CC(C(F)(F)F)CCC1C(C)C. The molecule has 7 nitrogen and oxygen atoms in total. The molecule has 1 aliphatic rings. The molecule has 0 radical (unpaired) electrons. The van der Waals surface area contributed by atoms with E-state index in [2.05, 4.69) is 4.98 Å². The zero-order valence-electron chi connectivity index (χ0n) is 17.7. The molecular weight excluding hydrogens is 449 g/mol. The van der Waals surface area contributed by atoms with E-state index in [1.807, 2.05) is 0 Å². The van der Waals surface area contributed by atoms with E-state index < -0.39 is 45.2 Å². The second kappa shape index (κ2) is 8.65. The summed E-state index contributed by atoms with van der Waals surface area (Å²) < 4.78 is 76.8. The summed E-state index contributed by atoms with van der Waals surface area (Å²) in [7, 11) is -3.24. The van der Waals surface area contributed by atoms with Gasteiger partial charge in [-0.3, -0.25) is 4.79 Å². The number of hydrogen-bond donors (Lipinski definition) is 1. The summed E-state index contributed by atoms with van der Waals surface area (Å²) in [5.74, 6) is -2.72. The van der Waals surface area contributed by atoms with Crippen molar-refractivity contribution in [3.63, 3.8) is 0 Å². The maximum Gasteiger partial charge on any atom is 0.391 e. The summed E-state index contributed by atoms with van der Waals surface area (Å²) in [4.78, 5) is 15.1. The number of alkyl halides is 3. The molecule has 0 spiro atoms. The number of rotatable bonds is 5. The lowest BCUT2D eigenvalue weighted by molar-refractivity contribution is -0.184. The fourth-order valence-electron chi connectivity index (χ4n) is 4.27. The van der Waals surface area contributed by atoms with E-state index in [0.717, 1.165) is 0 Å². The van der Waals surface area contributed by atoms with Gasteiger partial charge in [0.1, 0.15) is 16.9 Å². The molecule has 0 amide bonds. The smallest absolute Gasteiger partial charge is 0.391 e. The van der Waals surface area contributed by atoms with Crippen LogP contribution in [0.3, 0.4) is 0 Å². The van der Waals surface area contributed by atoms with E-state index >= 15 is 0 Å². The van der Waals surface area contributed by atoms with E-state index in [4.69, 9.17) is 14.2 Å². The van der Waals surface area contributed by atoms with Gasteiger partial charge >= 0.3 is 16.3 Å². The predicted molar refractivity (Wildman–Crippen MR) is 111 cm³/mol. The Balaban J connectivity index is 2.03. The lowest BCUT2D eigenvalue weighted by Gasteiger charge is -2.37. The third-order valence-electron chi connectivity index (χ3n) is 6.02. The minimum absolute atomic E-state index is 0.0838. The number of hydrogen-bond acceptors (Lipinski definition) is 6. The van der Waals surface area contributed by atoms with Crippen LogP contribution in [0.5, 0.6) is 11.5 Å². The molecule has 1 heterocycles. The monoisotopic (exact) mass is 472 g/mol. The van der Waals surface area contributed by atoms with Gasteiger partial charge in [0.05, 0.1) is 23.9 Å². The Bertz CT molecular complexity index is 1210. The molecule has 2 aromatic rings. The van der Waals surface area contributed by atoms with Crippen LogP contribution in [0.1, 0.15) is 38.7 Å². The van der Waals surface area contributed by atoms with Crippen molar-refractivity contribution in [2.45, 2.75) is 44.5 Å². The number of methoxy groups -OCH3 is 1. The summed E-state index contributed by atoms with van der Waals surface area (Å²) in [5.41, 5.74) is -0.521. The number of pyridine rings is 1. The molecule has 32 heavy (non-hydrogen) atoms. The first kappa shape index (κ1) is 23.9. The predicted octanol–water partition coefficient (Wildman–Crippen LogP) is 4.12. The molecule has 0 aliphatic heterocycles. The first-order valence-corrected chi connectivity index (χ1v) is 11.5. The van der Waals surface area contributed by atoms with Gasteiger partial charge in [-0.25, -0.2) is 0 Å². The number of H-pyrrole nitrogens is 1. The van der Waals surface area contributed by atoms with Crippen molar-refractivity contribution >= 4 is 21.0 Å². The molecule has 0 saturated heterocycles. The Morgan fingerprint density at radius 3 is 2.47 bits per heavy atom. The van der Waals surface area contributed by atoms with Crippen molar-refractivity contribution in [3.05, 3.63) is 34.1 Å². The first-order chi connectivity index (χ1) is 14.9. The highest BCUT2D eigenvalue weighted by molar-refractivity contribution is 7.87. The van der Waals surface area contributed by atoms with Gasteiger partial charge in [-0.05, 0) is 37.2 Å². The van der Waals surface area contributed by atoms with E-state index in [0.29, 0.717) is 0 Å². The van der Waals surface area contributed by atoms with Crippen LogP contribution >= 0.6 is 0 Å². The number of nitrogens with zero attached hydrogens (tertiary/aromatic N) is 1. The van der Waals surface area contributed by atoms with Gasteiger partial charge in [0.25, 0.3) is 0 Å². The molecule has 1 aliphatic carbocycles. The van der Waals surface area contributed by atoms with Crippen molar-refractivity contribution < 1.29 is 30.5 Å². The molecule has 174 valence electrons. The number of aromatic nitrogens is 1. The number of halogens is 3. The van der Waals surface area contributed by atoms with E-state index in [1.54, 1.807) is 19.9 Å². The highest BCUT2D eigenvalue weighted by atomic mass is 32.2. The number of nitrogens with one attached hydrogen (secondary N) is 1. The van der Waals surface area contributed by atoms with Crippen molar-refractivity contribution in [1.29, 1.82) is 5.26 Å². The topological polar surface area (TPSA) is 109 Å². The van der Waals surface area contributed by atoms with Gasteiger partial charge < -0.3 is 13.9 Å². The summed E-state index contributed by atoms with van der Waals surface area (Å²) in [6.07, 6.45) is -3.89. The van der Waals surface area contributed by atoms with Gasteiger partial charge in [0, 0.05) is 12.3 Å². The lowest BCUT2D eigenvalue weighted by atomic mass is 9.76. The molecule has 1 aromatic carbocycles. The van der Waals surface area contributed by atoms with Crippen molar-refractivity contribution in [2.24, 2.45) is 17.8 Å². The second-order valence-corrected chi connectivity index (χ2v) is 10.0. The van der Waals surface area contributed by atoms with Crippen molar-refractivity contribution in [3.8, 4) is 17.6 Å². The maximum atomic E-state index is 13.3. The van der Waals surface area contributed by atoms with Gasteiger partial charge in [-0.1, -0.05) is 13.8 Å². The van der Waals surface area contributed by atoms with Gasteiger partial charge in [0.2, 0.25) is 5.43 Å². The highest BCUT2D eigenvalue weighted by Crippen LogP contribution is 2.45. The number of ether oxygens (including phenoxy) is 1. The Kier molecular flexibility index (Phi) is 6.47. The number of nitriles is 1. The Labute approximate surface area is 183 Å². The molecule has 3 atom stereocenters. The second-order valence-electron chi connectivity index (χ2n) is 8.27. The third kappa shape index (κ3) is 4.55. The van der Waals surface area contributed by atoms with E-state index in [9.17, 15) is 26.4 Å². The van der Waals surface area contributed by atoms with Gasteiger partial charge in [-0.15, -0.1) is 0 Å². The first-order valence-electron chi connectivity index (χ1n) is 10.0. The van der Waals surface area contributed by atoms with Crippen LogP contribution in [0.25, 0.3) is 10.9 Å². The Hall–Kier alpha value is -2.74. The van der Waals surface area contributed by atoms with E-state index in [-0.39, 0.29) is 46.7 Å². The van der Waals surface area contributed by atoms with Crippen LogP contribution in [0.2, 0.25) is 0 Å². The summed E-state index contributed by atoms with van der Waals surface area (Å²) in [5, 5.41) is 7.76. The summed E-state index contributed by atoms with van der Waals surface area (Å²) >= 11 is 0. The Morgan fingerprint density at radius 2 is 1.91 bits per heavy atom. The third-order valence-corrected chi connectivity index (χ3v) is 7.72. The quantitative estimate of drug-likeness (QED) is 0.656. The zero-order chi connectivity index (χ0) is 23.8. The van der Waals surface area contributed by atoms with Crippen LogP contribution in [0.15, 0.2) is 23.1 Å². The Morgan fingerprint density at radius 1 is 1.22 bits per heavy atom. The molecule has 1 fully saturated rings. The van der Waals surface area contributed by atoms with Crippen LogP contribution in [-0.2, 0) is 10.1 Å². The average Bonchev–Trinajstić information content (AvgIpc) is 2.72. The van der Waals surface area contributed by atoms with Crippen LogP contribution in [-0.4, -0.2) is 31.9 Å². The molecular formula is C21H23F3N2O5S. The maximum absolute atomic E-state index is 13.3. The fraction of sp³-hybridized carbons (Fsp3) is 0.524. The number of benzene rings is 1. The normalized spacial score (nSPS) is 22.0. The molecule has 1 saturated carbocycles. The van der Waals surface area contributed by atoms with Gasteiger partial charge in [-0.2, -0.15) is 26.9 Å². The lowest BCUT2D eigenvalue weighted by Crippen LogP contribution is -2.44. The molecule has 1 aromatic heterocycles. The number of aromatic amines is 1. The minimum atomic E-state index is -4.49. The standard InChI is InChI=1S/C21H23F3N2O5S/c1-11(2)14-5-4-13(21(22,23)24)6-19(14)32(28,29)31-18-8-16-15(7-17(18)30-3)20(27)12(9-25)10-26-16/h7-8,10-11,13-14,19H,4-6H2,1-3H3,(H,26,27). The highest BCUT2D eigenvalue weighted by Gasteiger charge is 2.50. The van der Waals surface area contributed by atoms with E-state index in [1.165, 1.54) is 25.4 Å². The average molecular weight is 472 g/mol. The minimum Gasteiger partial charge on any atom is -0.493 e. The summed E-state index contributed by atoms with van der Waals surface area (Å²) in [6, 6.07) is 4.21. The molecule has 11 heteroatoms. The van der Waals surface area contributed by atoms with Crippen molar-refractivity contribution in [2.75, 3.05) is 7.11 Å². The number of fused-ring (bicyclic) bond motifs is 1. The summed E-state index contributed by atoms with van der Waals surface area (Å²) in [6.45, 7) is 3.55. The van der Waals surface area contributed by atoms with Gasteiger partial charge in [0.15, 0.2) is 11.5 Å². The molecule has 3 unspecified atom stereocenters. The van der Waals surface area contributed by atoms with Crippen molar-refractivity contribution in [1.82, 2.24) is 4.98 Å². The largest absolute Gasteiger partial charge is 0.493 e.